The van der Waals surface area contributed by atoms with Gasteiger partial charge >= 0.3 is 12.1 Å². The highest BCUT2D eigenvalue weighted by atomic mass is 19.1. The first-order chi connectivity index (χ1) is 11.5. The number of Topliss-reactive ketones (excluding diaryl/α,β-unsaturated/α-hetero) is 1. The zero-order chi connectivity index (χ0) is 19.6. The largest absolute Gasteiger partial charge is 0.462 e. The number of ketones is 1. The van der Waals surface area contributed by atoms with Gasteiger partial charge in [0.25, 0.3) is 0 Å². The molecule has 1 atom stereocenters. The first-order valence-electron chi connectivity index (χ1n) is 7.97. The molecule has 1 amide bonds. The number of alkyl carbamates (subject to hydrolysis) is 1. The second-order valence-corrected chi connectivity index (χ2v) is 6.23. The Morgan fingerprint density at radius 2 is 1.88 bits per heavy atom. The van der Waals surface area contributed by atoms with Crippen LogP contribution in [0.2, 0.25) is 0 Å². The zero-order valence-electron chi connectivity index (χ0n) is 15.6. The Balaban J connectivity index is 4.84. The normalized spacial score (nSPS) is 13.9. The summed E-state index contributed by atoms with van der Waals surface area (Å²) in [6, 6.07) is 0. The molecule has 0 aromatic heterocycles. The molecule has 0 aliphatic rings. The van der Waals surface area contributed by atoms with Crippen molar-refractivity contribution in [3.8, 4) is 0 Å². The first kappa shape index (κ1) is 22.8. The van der Waals surface area contributed by atoms with Crippen LogP contribution in [0, 0.1) is 5.92 Å². The minimum Gasteiger partial charge on any atom is -0.462 e. The third-order valence-electron chi connectivity index (χ3n) is 2.91. The van der Waals surface area contributed by atoms with Crippen molar-refractivity contribution in [2.24, 2.45) is 10.9 Å². The number of nitrogens with one attached hydrogen (secondary N) is 1. The number of amides is 1. The molecule has 8 heteroatoms. The van der Waals surface area contributed by atoms with Gasteiger partial charge in [-0.1, -0.05) is 0 Å². The lowest BCUT2D eigenvalue weighted by atomic mass is 9.94. The maximum absolute atomic E-state index is 14.1. The molecule has 0 heterocycles. The van der Waals surface area contributed by atoms with Crippen molar-refractivity contribution < 1.29 is 28.2 Å². The van der Waals surface area contributed by atoms with E-state index in [1.165, 1.54) is 14.0 Å². The third kappa shape index (κ3) is 9.59. The van der Waals surface area contributed by atoms with E-state index in [0.29, 0.717) is 0 Å². The average Bonchev–Trinajstić information content (AvgIpc) is 2.45. The van der Waals surface area contributed by atoms with Crippen LogP contribution in [0.4, 0.5) is 9.18 Å². The molecule has 1 unspecified atom stereocenters. The smallest absolute Gasteiger partial charge is 0.407 e. The Morgan fingerprint density at radius 1 is 1.28 bits per heavy atom. The van der Waals surface area contributed by atoms with Crippen molar-refractivity contribution in [1.82, 2.24) is 5.32 Å². The van der Waals surface area contributed by atoms with E-state index in [1.54, 1.807) is 27.7 Å². The summed E-state index contributed by atoms with van der Waals surface area (Å²) in [6.45, 7) is 8.02. The molecule has 0 saturated heterocycles. The SMILES string of the molecule is CCOC(=O)C(=NC)C(C/C(F)=C/CNC(=O)OC(C)(C)C)C(C)=O. The number of carbonyl (C=O) groups is 3. The van der Waals surface area contributed by atoms with Crippen LogP contribution in [-0.2, 0) is 19.1 Å². The van der Waals surface area contributed by atoms with Gasteiger partial charge in [0.05, 0.1) is 18.4 Å². The van der Waals surface area contributed by atoms with E-state index in [9.17, 15) is 18.8 Å². The summed E-state index contributed by atoms with van der Waals surface area (Å²) in [5.41, 5.74) is -0.781. The Morgan fingerprint density at radius 3 is 2.32 bits per heavy atom. The summed E-state index contributed by atoms with van der Waals surface area (Å²) in [5.74, 6) is -2.84. The number of esters is 1. The average molecular weight is 358 g/mol. The van der Waals surface area contributed by atoms with E-state index < -0.39 is 35.2 Å². The summed E-state index contributed by atoms with van der Waals surface area (Å²) in [7, 11) is 1.34. The maximum Gasteiger partial charge on any atom is 0.407 e. The third-order valence-corrected chi connectivity index (χ3v) is 2.91. The number of nitrogens with zero attached hydrogens (tertiary/aromatic N) is 1. The van der Waals surface area contributed by atoms with Gasteiger partial charge in [-0.3, -0.25) is 9.79 Å². The molecule has 0 aromatic carbocycles. The molecular formula is C17H27FN2O5. The van der Waals surface area contributed by atoms with Gasteiger partial charge in [-0.15, -0.1) is 0 Å². The molecule has 1 N–H and O–H groups in total. The van der Waals surface area contributed by atoms with Crippen LogP contribution in [0.25, 0.3) is 0 Å². The van der Waals surface area contributed by atoms with Crippen molar-refractivity contribution in [3.05, 3.63) is 11.9 Å². The highest BCUT2D eigenvalue weighted by molar-refractivity contribution is 6.40. The van der Waals surface area contributed by atoms with Gasteiger partial charge < -0.3 is 14.8 Å². The standard InChI is InChI=1S/C17H27FN2O5/c1-7-24-15(22)14(19-6)13(11(2)21)10-12(18)8-9-20-16(23)25-17(3,4)5/h8,13H,7,9-10H2,1-6H3,(H,20,23)/b12-8-,19-14?. The Kier molecular flexibility index (Phi) is 9.63. The van der Waals surface area contributed by atoms with Crippen molar-refractivity contribution in [2.45, 2.75) is 46.6 Å². The van der Waals surface area contributed by atoms with Crippen LogP contribution < -0.4 is 5.32 Å². The second-order valence-electron chi connectivity index (χ2n) is 6.23. The fourth-order valence-electron chi connectivity index (χ4n) is 1.86. The number of aliphatic imine (C=N–C) groups is 1. The quantitative estimate of drug-likeness (QED) is 0.532. The van der Waals surface area contributed by atoms with E-state index in [1.807, 2.05) is 0 Å². The lowest BCUT2D eigenvalue weighted by Gasteiger charge is -2.19. The van der Waals surface area contributed by atoms with Gasteiger partial charge in [-0.2, -0.15) is 0 Å². The van der Waals surface area contributed by atoms with Gasteiger partial charge in [0, 0.05) is 20.0 Å². The second kappa shape index (κ2) is 10.6. The van der Waals surface area contributed by atoms with Crippen molar-refractivity contribution >= 4 is 23.6 Å². The molecule has 0 rings (SSSR count). The molecular weight excluding hydrogens is 331 g/mol. The monoisotopic (exact) mass is 358 g/mol. The molecule has 142 valence electrons. The lowest BCUT2D eigenvalue weighted by molar-refractivity contribution is -0.136. The highest BCUT2D eigenvalue weighted by Crippen LogP contribution is 2.17. The summed E-state index contributed by atoms with van der Waals surface area (Å²) in [4.78, 5) is 38.8. The van der Waals surface area contributed by atoms with E-state index in [0.717, 1.165) is 6.08 Å². The number of halogens is 1. The fraction of sp³-hybridized carbons (Fsp3) is 0.647. The van der Waals surface area contributed by atoms with Crippen LogP contribution in [-0.4, -0.2) is 49.4 Å². The number of rotatable bonds is 8. The van der Waals surface area contributed by atoms with E-state index in [2.05, 4.69) is 10.3 Å². The molecule has 0 aromatic rings. The van der Waals surface area contributed by atoms with Crippen LogP contribution in [0.3, 0.4) is 0 Å². The van der Waals surface area contributed by atoms with Gasteiger partial charge in [-0.05, 0) is 40.7 Å². The molecule has 0 radical (unpaired) electrons. The van der Waals surface area contributed by atoms with Crippen molar-refractivity contribution in [2.75, 3.05) is 20.2 Å². The van der Waals surface area contributed by atoms with Crippen LogP contribution in [0.15, 0.2) is 16.9 Å². The topological polar surface area (TPSA) is 94.1 Å². The molecule has 25 heavy (non-hydrogen) atoms. The molecule has 0 aliphatic carbocycles. The lowest BCUT2D eigenvalue weighted by Crippen LogP contribution is -2.33. The minimum absolute atomic E-state index is 0.108. The van der Waals surface area contributed by atoms with Crippen LogP contribution in [0.5, 0.6) is 0 Å². The van der Waals surface area contributed by atoms with Gasteiger partial charge in [0.1, 0.15) is 17.1 Å². The molecule has 7 nitrogen and oxygen atoms in total. The molecule has 0 fully saturated rings. The summed E-state index contributed by atoms with van der Waals surface area (Å²) in [5, 5.41) is 2.37. The van der Waals surface area contributed by atoms with Crippen LogP contribution >= 0.6 is 0 Å². The first-order valence-corrected chi connectivity index (χ1v) is 7.97. The molecule has 0 aliphatic heterocycles. The summed E-state index contributed by atoms with van der Waals surface area (Å²) < 4.78 is 23.9. The number of allylic oxidation sites excluding steroid dienone is 1. The predicted octanol–water partition coefficient (Wildman–Crippen LogP) is 2.59. The minimum atomic E-state index is -1.04. The molecule has 0 spiro atoms. The Bertz CT molecular complexity index is 550. The van der Waals surface area contributed by atoms with Gasteiger partial charge in [0.15, 0.2) is 0 Å². The number of ether oxygens (including phenoxy) is 2. The fourth-order valence-corrected chi connectivity index (χ4v) is 1.86. The number of carbonyl (C=O) groups excluding carboxylic acids is 3. The Labute approximate surface area is 147 Å². The van der Waals surface area contributed by atoms with E-state index in [4.69, 9.17) is 9.47 Å². The number of hydrogen-bond donors (Lipinski definition) is 1. The van der Waals surface area contributed by atoms with Crippen LogP contribution in [0.1, 0.15) is 41.0 Å². The van der Waals surface area contributed by atoms with Gasteiger partial charge in [-0.25, -0.2) is 14.0 Å². The van der Waals surface area contributed by atoms with E-state index >= 15 is 0 Å². The van der Waals surface area contributed by atoms with Crippen molar-refractivity contribution in [3.63, 3.8) is 0 Å². The van der Waals surface area contributed by atoms with Gasteiger partial charge in [0.2, 0.25) is 0 Å². The summed E-state index contributed by atoms with van der Waals surface area (Å²) >= 11 is 0. The predicted molar refractivity (Wildman–Crippen MR) is 92.2 cm³/mol. The molecule has 0 saturated carbocycles. The number of hydrogen-bond acceptors (Lipinski definition) is 6. The highest BCUT2D eigenvalue weighted by Gasteiger charge is 2.28. The van der Waals surface area contributed by atoms with E-state index in [-0.39, 0.29) is 25.3 Å². The maximum atomic E-state index is 14.1. The molecule has 0 bridgehead atoms. The summed E-state index contributed by atoms with van der Waals surface area (Å²) in [6.07, 6.45) is 0.0942. The van der Waals surface area contributed by atoms with Crippen molar-refractivity contribution in [1.29, 1.82) is 0 Å². The Hall–Kier alpha value is -2.25. The zero-order valence-corrected chi connectivity index (χ0v) is 15.6.